The topological polar surface area (TPSA) is 89.8 Å². The third-order valence-electron chi connectivity index (χ3n) is 5.97. The molecular weight excluding hydrogens is 444 g/mol. The summed E-state index contributed by atoms with van der Waals surface area (Å²) >= 11 is 0. The van der Waals surface area contributed by atoms with E-state index < -0.39 is 5.91 Å². The predicted molar refractivity (Wildman–Crippen MR) is 133 cm³/mol. The number of nitrogens with one attached hydrogen (secondary N) is 2. The number of benzene rings is 3. The number of carbonyl (C=O) groups is 2. The molecule has 0 saturated carbocycles. The molecular formula is C28H26N2O5. The van der Waals surface area contributed by atoms with Crippen LogP contribution in [-0.4, -0.2) is 31.1 Å². The Balaban J connectivity index is 1.36. The molecule has 1 aliphatic heterocycles. The van der Waals surface area contributed by atoms with Gasteiger partial charge in [-0.2, -0.15) is 0 Å². The zero-order chi connectivity index (χ0) is 24.0. The lowest BCUT2D eigenvalue weighted by Gasteiger charge is -2.14. The number of ether oxygens (including phenoxy) is 2. The van der Waals surface area contributed by atoms with Crippen molar-refractivity contribution in [1.29, 1.82) is 0 Å². The highest BCUT2D eigenvalue weighted by atomic mass is 16.5. The largest absolute Gasteiger partial charge is 0.489 e. The van der Waals surface area contributed by atoms with Crippen LogP contribution in [0, 0.1) is 0 Å². The fourth-order valence-corrected chi connectivity index (χ4v) is 4.17. The first-order valence-corrected chi connectivity index (χ1v) is 11.7. The number of hydrogen-bond acceptors (Lipinski definition) is 5. The van der Waals surface area contributed by atoms with E-state index in [1.807, 2.05) is 54.6 Å². The van der Waals surface area contributed by atoms with Gasteiger partial charge in [-0.25, -0.2) is 0 Å². The van der Waals surface area contributed by atoms with Crippen molar-refractivity contribution < 1.29 is 23.5 Å². The highest BCUT2D eigenvalue weighted by molar-refractivity contribution is 6.10. The SMILES string of the molecule is O=C(NCC1CCCO1)c1ccccc1NC(=O)c1oc2ccccc2c1COc1ccccc1. The van der Waals surface area contributed by atoms with Crippen LogP contribution in [0.1, 0.15) is 39.3 Å². The molecule has 1 aliphatic rings. The van der Waals surface area contributed by atoms with Gasteiger partial charge in [-0.3, -0.25) is 9.59 Å². The molecule has 7 nitrogen and oxygen atoms in total. The van der Waals surface area contributed by atoms with E-state index >= 15 is 0 Å². The molecule has 35 heavy (non-hydrogen) atoms. The van der Waals surface area contributed by atoms with Crippen LogP contribution in [0.2, 0.25) is 0 Å². The highest BCUT2D eigenvalue weighted by Crippen LogP contribution is 2.28. The van der Waals surface area contributed by atoms with Crippen LogP contribution in [0.25, 0.3) is 11.0 Å². The summed E-state index contributed by atoms with van der Waals surface area (Å²) in [5.74, 6) is 0.120. The fourth-order valence-electron chi connectivity index (χ4n) is 4.17. The Morgan fingerprint density at radius 1 is 0.914 bits per heavy atom. The van der Waals surface area contributed by atoms with Gasteiger partial charge < -0.3 is 24.5 Å². The smallest absolute Gasteiger partial charge is 0.291 e. The van der Waals surface area contributed by atoms with Crippen LogP contribution in [0.15, 0.2) is 83.3 Å². The maximum Gasteiger partial charge on any atom is 0.291 e. The molecule has 0 radical (unpaired) electrons. The van der Waals surface area contributed by atoms with Crippen molar-refractivity contribution >= 4 is 28.5 Å². The van der Waals surface area contributed by atoms with Crippen LogP contribution in [-0.2, 0) is 11.3 Å². The molecule has 2 N–H and O–H groups in total. The van der Waals surface area contributed by atoms with Crippen LogP contribution in [0.3, 0.4) is 0 Å². The first-order chi connectivity index (χ1) is 17.2. The second kappa shape index (κ2) is 10.4. The third-order valence-corrected chi connectivity index (χ3v) is 5.97. The summed E-state index contributed by atoms with van der Waals surface area (Å²) in [6.07, 6.45) is 1.96. The van der Waals surface area contributed by atoms with E-state index in [0.29, 0.717) is 34.7 Å². The molecule has 2 heterocycles. The van der Waals surface area contributed by atoms with Gasteiger partial charge in [-0.1, -0.05) is 48.5 Å². The maximum absolute atomic E-state index is 13.3. The summed E-state index contributed by atoms with van der Waals surface area (Å²) in [5.41, 5.74) is 2.00. The molecule has 7 heteroatoms. The standard InChI is InChI=1S/C28H26N2O5/c31-27(29-17-20-11-8-16-33-20)22-13-4-6-14-24(22)30-28(32)26-23(18-34-19-9-2-1-3-10-19)21-12-5-7-15-25(21)35-26/h1-7,9-10,12-15,20H,8,11,16-18H2,(H,29,31)(H,30,32). The van der Waals surface area contributed by atoms with Gasteiger partial charge in [0.15, 0.2) is 5.76 Å². The van der Waals surface area contributed by atoms with Gasteiger partial charge in [0, 0.05) is 24.1 Å². The Labute approximate surface area is 203 Å². The van der Waals surface area contributed by atoms with Crippen molar-refractivity contribution in [2.75, 3.05) is 18.5 Å². The molecule has 1 unspecified atom stereocenters. The number of fused-ring (bicyclic) bond motifs is 1. The molecule has 4 aromatic rings. The summed E-state index contributed by atoms with van der Waals surface area (Å²) < 4.78 is 17.4. The summed E-state index contributed by atoms with van der Waals surface area (Å²) in [6.45, 7) is 1.32. The van der Waals surface area contributed by atoms with Gasteiger partial charge in [0.2, 0.25) is 0 Å². The van der Waals surface area contributed by atoms with E-state index in [1.165, 1.54) is 0 Å². The molecule has 1 aromatic heterocycles. The Morgan fingerprint density at radius 3 is 2.51 bits per heavy atom. The molecule has 1 saturated heterocycles. The number of amides is 2. The van der Waals surface area contributed by atoms with Crippen LogP contribution in [0.5, 0.6) is 5.75 Å². The molecule has 0 spiro atoms. The average Bonchev–Trinajstić information content (AvgIpc) is 3.55. The predicted octanol–water partition coefficient (Wildman–Crippen LogP) is 5.17. The number of hydrogen-bond donors (Lipinski definition) is 2. The van der Waals surface area contributed by atoms with Crippen LogP contribution >= 0.6 is 0 Å². The molecule has 0 bridgehead atoms. The molecule has 1 fully saturated rings. The Hall–Kier alpha value is -4.10. The second-order valence-corrected chi connectivity index (χ2v) is 8.35. The van der Waals surface area contributed by atoms with Crippen LogP contribution < -0.4 is 15.4 Å². The van der Waals surface area contributed by atoms with E-state index in [2.05, 4.69) is 10.6 Å². The average molecular weight is 471 g/mol. The van der Waals surface area contributed by atoms with E-state index in [4.69, 9.17) is 13.9 Å². The zero-order valence-electron chi connectivity index (χ0n) is 19.2. The quantitative estimate of drug-likeness (QED) is 0.371. The van der Waals surface area contributed by atoms with Crippen molar-refractivity contribution in [2.24, 2.45) is 0 Å². The van der Waals surface area contributed by atoms with E-state index in [-0.39, 0.29) is 24.4 Å². The molecule has 5 rings (SSSR count). The lowest BCUT2D eigenvalue weighted by Crippen LogP contribution is -2.32. The second-order valence-electron chi connectivity index (χ2n) is 8.35. The summed E-state index contributed by atoms with van der Waals surface area (Å²) in [7, 11) is 0. The molecule has 1 atom stereocenters. The van der Waals surface area contributed by atoms with E-state index in [9.17, 15) is 9.59 Å². The van der Waals surface area contributed by atoms with Crippen molar-refractivity contribution in [3.8, 4) is 5.75 Å². The van der Waals surface area contributed by atoms with Gasteiger partial charge in [0.1, 0.15) is 17.9 Å². The minimum absolute atomic E-state index is 0.0309. The summed E-state index contributed by atoms with van der Waals surface area (Å²) in [6, 6.07) is 23.7. The monoisotopic (exact) mass is 470 g/mol. The van der Waals surface area contributed by atoms with Crippen molar-refractivity contribution in [2.45, 2.75) is 25.6 Å². The molecule has 0 aliphatic carbocycles. The molecule has 3 aromatic carbocycles. The number of carbonyl (C=O) groups excluding carboxylic acids is 2. The minimum Gasteiger partial charge on any atom is -0.489 e. The molecule has 2 amide bonds. The van der Waals surface area contributed by atoms with Gasteiger partial charge in [-0.15, -0.1) is 0 Å². The molecule has 178 valence electrons. The van der Waals surface area contributed by atoms with Gasteiger partial charge in [-0.05, 0) is 43.2 Å². The zero-order valence-corrected chi connectivity index (χ0v) is 19.2. The first-order valence-electron chi connectivity index (χ1n) is 11.7. The Bertz CT molecular complexity index is 1330. The summed E-state index contributed by atoms with van der Waals surface area (Å²) in [4.78, 5) is 26.2. The Morgan fingerprint density at radius 2 is 1.69 bits per heavy atom. The summed E-state index contributed by atoms with van der Waals surface area (Å²) in [5, 5.41) is 6.56. The fraction of sp³-hybridized carbons (Fsp3) is 0.214. The van der Waals surface area contributed by atoms with Crippen molar-refractivity contribution in [1.82, 2.24) is 5.32 Å². The van der Waals surface area contributed by atoms with Gasteiger partial charge in [0.25, 0.3) is 11.8 Å². The van der Waals surface area contributed by atoms with Gasteiger partial charge in [0.05, 0.1) is 17.4 Å². The lowest BCUT2D eigenvalue weighted by molar-refractivity contribution is 0.0858. The van der Waals surface area contributed by atoms with Crippen LogP contribution in [0.4, 0.5) is 5.69 Å². The number of furan rings is 1. The Kier molecular flexibility index (Phi) is 6.77. The maximum atomic E-state index is 13.3. The number of anilines is 1. The van der Waals surface area contributed by atoms with E-state index in [0.717, 1.165) is 24.8 Å². The number of para-hydroxylation sites is 3. The highest BCUT2D eigenvalue weighted by Gasteiger charge is 2.23. The number of rotatable bonds is 8. The van der Waals surface area contributed by atoms with Gasteiger partial charge >= 0.3 is 0 Å². The van der Waals surface area contributed by atoms with Crippen molar-refractivity contribution in [3.63, 3.8) is 0 Å². The lowest BCUT2D eigenvalue weighted by atomic mass is 10.1. The first kappa shape index (κ1) is 22.7. The van der Waals surface area contributed by atoms with E-state index in [1.54, 1.807) is 24.3 Å². The minimum atomic E-state index is -0.452. The van der Waals surface area contributed by atoms with Crippen molar-refractivity contribution in [3.05, 3.63) is 95.7 Å². The normalized spacial score (nSPS) is 15.1. The third kappa shape index (κ3) is 5.20.